The first-order valence-corrected chi connectivity index (χ1v) is 8.32. The van der Waals surface area contributed by atoms with Gasteiger partial charge in [-0.2, -0.15) is 0 Å². The number of amides is 1. The van der Waals surface area contributed by atoms with Crippen LogP contribution in [0.4, 0.5) is 0 Å². The number of fused-ring (bicyclic) bond motifs is 2. The van der Waals surface area contributed by atoms with E-state index in [4.69, 9.17) is 0 Å². The first-order valence-electron chi connectivity index (χ1n) is 8.32. The molecule has 0 aromatic carbocycles. The molecule has 3 rings (SSSR count). The van der Waals surface area contributed by atoms with Crippen LogP contribution >= 0.6 is 0 Å². The summed E-state index contributed by atoms with van der Waals surface area (Å²) in [7, 11) is 0. The van der Waals surface area contributed by atoms with Gasteiger partial charge in [0.25, 0.3) is 0 Å². The number of likely N-dealkylation sites (tertiary alicyclic amines) is 1. The van der Waals surface area contributed by atoms with Crippen LogP contribution in [0.2, 0.25) is 0 Å². The maximum Gasteiger partial charge on any atom is 0.227 e. The van der Waals surface area contributed by atoms with Gasteiger partial charge in [0.1, 0.15) is 0 Å². The van der Waals surface area contributed by atoms with E-state index < -0.39 is 0 Å². The molecule has 4 atom stereocenters. The smallest absolute Gasteiger partial charge is 0.227 e. The molecular weight excluding hydrogens is 236 g/mol. The molecule has 0 spiro atoms. The molecule has 1 amide bonds. The number of carbonyl (C=O) groups is 1. The molecule has 0 saturated carbocycles. The van der Waals surface area contributed by atoms with E-state index in [-0.39, 0.29) is 0 Å². The van der Waals surface area contributed by atoms with Crippen LogP contribution in [0, 0.1) is 11.8 Å². The third kappa shape index (κ3) is 2.81. The van der Waals surface area contributed by atoms with Crippen molar-refractivity contribution in [2.45, 2.75) is 70.4 Å². The molecule has 0 aromatic heterocycles. The Morgan fingerprint density at radius 1 is 1.21 bits per heavy atom. The van der Waals surface area contributed by atoms with Crippen molar-refractivity contribution in [3.63, 3.8) is 0 Å². The molecule has 3 heteroatoms. The molecule has 3 fully saturated rings. The highest BCUT2D eigenvalue weighted by Gasteiger charge is 2.44. The molecular formula is C16H28N2O. The zero-order valence-electron chi connectivity index (χ0n) is 12.2. The topological polar surface area (TPSA) is 32.3 Å². The molecule has 3 heterocycles. The zero-order valence-corrected chi connectivity index (χ0v) is 12.2. The number of carbonyl (C=O) groups excluding carboxylic acids is 1. The molecule has 108 valence electrons. The second-order valence-electron chi connectivity index (χ2n) is 6.80. The van der Waals surface area contributed by atoms with E-state index in [0.29, 0.717) is 23.9 Å². The Morgan fingerprint density at radius 2 is 2.11 bits per heavy atom. The minimum Gasteiger partial charge on any atom is -0.342 e. The van der Waals surface area contributed by atoms with Crippen LogP contribution in [-0.2, 0) is 4.79 Å². The van der Waals surface area contributed by atoms with Gasteiger partial charge in [-0.3, -0.25) is 4.79 Å². The molecule has 3 aliphatic heterocycles. The summed E-state index contributed by atoms with van der Waals surface area (Å²) in [4.78, 5) is 14.9. The summed E-state index contributed by atoms with van der Waals surface area (Å²) < 4.78 is 0. The fourth-order valence-corrected chi connectivity index (χ4v) is 4.41. The van der Waals surface area contributed by atoms with Gasteiger partial charge in [-0.05, 0) is 44.4 Å². The maximum absolute atomic E-state index is 12.7. The Morgan fingerprint density at radius 3 is 2.79 bits per heavy atom. The Balaban J connectivity index is 1.55. The minimum absolute atomic E-state index is 0.293. The Kier molecular flexibility index (Phi) is 4.11. The summed E-state index contributed by atoms with van der Waals surface area (Å²) in [6, 6.07) is 1.13. The monoisotopic (exact) mass is 264 g/mol. The van der Waals surface area contributed by atoms with E-state index in [1.165, 1.54) is 44.9 Å². The Bertz CT molecular complexity index is 331. The Hall–Kier alpha value is -0.570. The lowest BCUT2D eigenvalue weighted by molar-refractivity contribution is -0.136. The van der Waals surface area contributed by atoms with E-state index in [1.54, 1.807) is 0 Å². The minimum atomic E-state index is 0.293. The fraction of sp³-hybridized carbons (Fsp3) is 0.938. The molecule has 2 bridgehead atoms. The van der Waals surface area contributed by atoms with Gasteiger partial charge in [0.15, 0.2) is 0 Å². The van der Waals surface area contributed by atoms with Crippen molar-refractivity contribution >= 4 is 5.91 Å². The number of hydrogen-bond acceptors (Lipinski definition) is 2. The number of nitrogens with zero attached hydrogens (tertiary/aromatic N) is 1. The first kappa shape index (κ1) is 13.4. The predicted octanol–water partition coefficient (Wildman–Crippen LogP) is 2.56. The van der Waals surface area contributed by atoms with Gasteiger partial charge in [0.05, 0.1) is 5.92 Å². The highest BCUT2D eigenvalue weighted by Crippen LogP contribution is 2.35. The van der Waals surface area contributed by atoms with E-state index in [2.05, 4.69) is 17.1 Å². The zero-order chi connectivity index (χ0) is 13.2. The summed E-state index contributed by atoms with van der Waals surface area (Å²) in [6.45, 7) is 4.29. The lowest BCUT2D eigenvalue weighted by atomic mass is 9.88. The first-order chi connectivity index (χ1) is 9.28. The van der Waals surface area contributed by atoms with Crippen molar-refractivity contribution in [3.8, 4) is 0 Å². The van der Waals surface area contributed by atoms with E-state index in [9.17, 15) is 4.79 Å². The average Bonchev–Trinajstić information content (AvgIpc) is 2.97. The quantitative estimate of drug-likeness (QED) is 0.849. The predicted molar refractivity (Wildman–Crippen MR) is 76.9 cm³/mol. The molecule has 0 aromatic rings. The molecule has 19 heavy (non-hydrogen) atoms. The molecule has 0 radical (unpaired) electrons. The van der Waals surface area contributed by atoms with E-state index in [0.717, 1.165) is 25.4 Å². The normalized spacial score (nSPS) is 38.5. The van der Waals surface area contributed by atoms with Gasteiger partial charge in [-0.1, -0.05) is 19.8 Å². The van der Waals surface area contributed by atoms with Crippen molar-refractivity contribution in [3.05, 3.63) is 0 Å². The summed E-state index contributed by atoms with van der Waals surface area (Å²) >= 11 is 0. The molecule has 3 nitrogen and oxygen atoms in total. The van der Waals surface area contributed by atoms with Gasteiger partial charge in [-0.25, -0.2) is 0 Å². The van der Waals surface area contributed by atoms with Crippen LogP contribution in [0.1, 0.15) is 58.3 Å². The van der Waals surface area contributed by atoms with Crippen LogP contribution in [0.5, 0.6) is 0 Å². The molecule has 0 aliphatic carbocycles. The van der Waals surface area contributed by atoms with Crippen molar-refractivity contribution in [1.82, 2.24) is 10.2 Å². The largest absolute Gasteiger partial charge is 0.342 e. The molecule has 4 unspecified atom stereocenters. The number of rotatable bonds is 3. The second kappa shape index (κ2) is 5.82. The molecule has 1 N–H and O–H groups in total. The van der Waals surface area contributed by atoms with Crippen molar-refractivity contribution in [2.75, 3.05) is 13.1 Å². The van der Waals surface area contributed by atoms with Gasteiger partial charge < -0.3 is 10.2 Å². The van der Waals surface area contributed by atoms with Crippen LogP contribution in [0.15, 0.2) is 0 Å². The number of nitrogens with one attached hydrogen (secondary N) is 1. The van der Waals surface area contributed by atoms with Crippen LogP contribution in [0.3, 0.4) is 0 Å². The van der Waals surface area contributed by atoms with Crippen LogP contribution in [-0.4, -0.2) is 36.0 Å². The lowest BCUT2D eigenvalue weighted by Crippen LogP contribution is -2.41. The van der Waals surface area contributed by atoms with Gasteiger partial charge >= 0.3 is 0 Å². The maximum atomic E-state index is 12.7. The number of hydrogen-bond donors (Lipinski definition) is 1. The van der Waals surface area contributed by atoms with Crippen LogP contribution < -0.4 is 5.32 Å². The molecule has 3 saturated heterocycles. The summed E-state index contributed by atoms with van der Waals surface area (Å²) in [5, 5.41) is 3.60. The lowest BCUT2D eigenvalue weighted by Gasteiger charge is -2.27. The highest BCUT2D eigenvalue weighted by molar-refractivity contribution is 5.80. The van der Waals surface area contributed by atoms with E-state index >= 15 is 0 Å². The fourth-order valence-electron chi connectivity index (χ4n) is 4.41. The summed E-state index contributed by atoms with van der Waals surface area (Å²) in [6.07, 6.45) is 10.00. The SMILES string of the molecule is CCCC1CCCN(C(=O)C2CC3CCC2N3)CC1. The van der Waals surface area contributed by atoms with E-state index in [1.807, 2.05) is 0 Å². The van der Waals surface area contributed by atoms with Gasteiger partial charge in [0, 0.05) is 25.2 Å². The summed E-state index contributed by atoms with van der Waals surface area (Å²) in [5.74, 6) is 1.61. The Labute approximate surface area is 117 Å². The highest BCUT2D eigenvalue weighted by atomic mass is 16.2. The molecule has 3 aliphatic rings. The van der Waals surface area contributed by atoms with Crippen molar-refractivity contribution in [2.24, 2.45) is 11.8 Å². The average molecular weight is 264 g/mol. The van der Waals surface area contributed by atoms with Crippen molar-refractivity contribution in [1.29, 1.82) is 0 Å². The third-order valence-corrected chi connectivity index (χ3v) is 5.47. The van der Waals surface area contributed by atoms with Crippen molar-refractivity contribution < 1.29 is 4.79 Å². The van der Waals surface area contributed by atoms with Crippen LogP contribution in [0.25, 0.3) is 0 Å². The van der Waals surface area contributed by atoms with Gasteiger partial charge in [-0.15, -0.1) is 0 Å². The summed E-state index contributed by atoms with van der Waals surface area (Å²) in [5.41, 5.74) is 0. The second-order valence-corrected chi connectivity index (χ2v) is 6.80. The van der Waals surface area contributed by atoms with Gasteiger partial charge in [0.2, 0.25) is 5.91 Å². The standard InChI is InChI=1S/C16H28N2O/c1-2-4-12-5-3-9-18(10-8-12)16(19)14-11-13-6-7-15(14)17-13/h12-15,17H,2-11H2,1H3. The third-order valence-electron chi connectivity index (χ3n) is 5.47.